The van der Waals surface area contributed by atoms with Crippen LogP contribution in [0.25, 0.3) is 0 Å². The number of carbonyl (C=O) groups is 1. The van der Waals surface area contributed by atoms with Crippen LogP contribution in [-0.4, -0.2) is 42.9 Å². The van der Waals surface area contributed by atoms with E-state index in [2.05, 4.69) is 41.3 Å². The lowest BCUT2D eigenvalue weighted by Gasteiger charge is -2.35. The maximum Gasteiger partial charge on any atom is 0.204 e. The molecule has 1 fully saturated rings. The molecular formula is C25H25NO2S. The van der Waals surface area contributed by atoms with E-state index in [1.807, 2.05) is 54.6 Å². The minimum absolute atomic E-state index is 0.170. The Morgan fingerprint density at radius 3 is 1.59 bits per heavy atom. The highest BCUT2D eigenvalue weighted by Gasteiger charge is 2.39. The van der Waals surface area contributed by atoms with Crippen LogP contribution in [0.3, 0.4) is 0 Å². The average molecular weight is 404 g/mol. The molecule has 1 aliphatic rings. The molecule has 1 saturated heterocycles. The van der Waals surface area contributed by atoms with Crippen LogP contribution in [0.5, 0.6) is 0 Å². The van der Waals surface area contributed by atoms with Crippen molar-refractivity contribution in [3.05, 3.63) is 108 Å². The molecule has 0 bridgehead atoms. The van der Waals surface area contributed by atoms with Crippen molar-refractivity contribution in [3.63, 3.8) is 0 Å². The molecule has 29 heavy (non-hydrogen) atoms. The molecule has 0 spiro atoms. The Morgan fingerprint density at radius 1 is 0.759 bits per heavy atom. The molecule has 3 nitrogen and oxygen atoms in total. The number of morpholine rings is 1. The highest BCUT2D eigenvalue weighted by molar-refractivity contribution is 8.14. The fourth-order valence-corrected chi connectivity index (χ4v) is 5.19. The van der Waals surface area contributed by atoms with Crippen molar-refractivity contribution < 1.29 is 9.53 Å². The third kappa shape index (κ3) is 4.45. The number of hydrogen-bond donors (Lipinski definition) is 0. The second-order valence-corrected chi connectivity index (χ2v) is 8.41. The Bertz CT molecular complexity index is 813. The van der Waals surface area contributed by atoms with Gasteiger partial charge in [0.1, 0.15) is 0 Å². The van der Waals surface area contributed by atoms with Crippen LogP contribution in [0, 0.1) is 0 Å². The first kappa shape index (κ1) is 19.9. The second kappa shape index (κ2) is 9.40. The number of rotatable bonds is 6. The lowest BCUT2D eigenvalue weighted by Crippen LogP contribution is -2.40. The second-order valence-electron chi connectivity index (χ2n) is 7.14. The van der Waals surface area contributed by atoms with Gasteiger partial charge in [0.2, 0.25) is 5.12 Å². The molecule has 3 aromatic rings. The van der Waals surface area contributed by atoms with Crippen molar-refractivity contribution in [3.8, 4) is 0 Å². The van der Waals surface area contributed by atoms with Crippen LogP contribution in [0.1, 0.15) is 16.7 Å². The molecule has 1 aliphatic heterocycles. The van der Waals surface area contributed by atoms with Gasteiger partial charge in [0, 0.05) is 13.1 Å². The van der Waals surface area contributed by atoms with Crippen LogP contribution >= 0.6 is 11.8 Å². The molecule has 4 rings (SSSR count). The summed E-state index contributed by atoms with van der Waals surface area (Å²) in [6, 6.07) is 31.0. The first-order valence-electron chi connectivity index (χ1n) is 9.97. The summed E-state index contributed by atoms with van der Waals surface area (Å²) >= 11 is 1.42. The molecule has 0 aromatic heterocycles. The SMILES string of the molecule is O=C(CN1CCOCC1)SC(c1ccccc1)(c1ccccc1)c1ccccc1. The molecule has 0 N–H and O–H groups in total. The van der Waals surface area contributed by atoms with Crippen molar-refractivity contribution >= 4 is 16.9 Å². The van der Waals surface area contributed by atoms with Gasteiger partial charge < -0.3 is 4.74 Å². The minimum atomic E-state index is -0.590. The lowest BCUT2D eigenvalue weighted by atomic mass is 9.84. The lowest BCUT2D eigenvalue weighted by molar-refractivity contribution is -0.113. The number of benzene rings is 3. The van der Waals surface area contributed by atoms with Gasteiger partial charge in [-0.05, 0) is 16.7 Å². The van der Waals surface area contributed by atoms with Crippen molar-refractivity contribution in [2.24, 2.45) is 0 Å². The van der Waals surface area contributed by atoms with E-state index in [9.17, 15) is 4.79 Å². The normalized spacial score (nSPS) is 15.2. The average Bonchev–Trinajstić information content (AvgIpc) is 2.80. The standard InChI is InChI=1S/C25H25NO2S/c27-24(20-26-16-18-28-19-17-26)29-25(21-10-4-1-5-11-21,22-12-6-2-7-13-22)23-14-8-3-9-15-23/h1-15H,16-20H2. The Kier molecular flexibility index (Phi) is 6.45. The van der Waals surface area contributed by atoms with Gasteiger partial charge in [-0.15, -0.1) is 0 Å². The molecule has 0 aliphatic carbocycles. The number of carbonyl (C=O) groups excluding carboxylic acids is 1. The summed E-state index contributed by atoms with van der Waals surface area (Å²) in [7, 11) is 0. The van der Waals surface area contributed by atoms with E-state index in [1.54, 1.807) is 0 Å². The third-order valence-corrected chi connectivity index (χ3v) is 6.63. The number of ether oxygens (including phenoxy) is 1. The smallest absolute Gasteiger partial charge is 0.204 e. The molecule has 0 amide bonds. The Labute approximate surface area is 176 Å². The predicted molar refractivity (Wildman–Crippen MR) is 119 cm³/mol. The zero-order valence-electron chi connectivity index (χ0n) is 16.4. The molecular weight excluding hydrogens is 378 g/mol. The van der Waals surface area contributed by atoms with Crippen molar-refractivity contribution in [2.45, 2.75) is 4.75 Å². The number of thioether (sulfide) groups is 1. The zero-order chi connectivity index (χ0) is 19.9. The fourth-order valence-electron chi connectivity index (χ4n) is 3.84. The van der Waals surface area contributed by atoms with Gasteiger partial charge in [-0.2, -0.15) is 0 Å². The topological polar surface area (TPSA) is 29.5 Å². The fraction of sp³-hybridized carbons (Fsp3) is 0.240. The van der Waals surface area contributed by atoms with E-state index in [0.717, 1.165) is 29.8 Å². The third-order valence-electron chi connectivity index (χ3n) is 5.26. The van der Waals surface area contributed by atoms with Crippen molar-refractivity contribution in [1.29, 1.82) is 0 Å². The Morgan fingerprint density at radius 2 is 1.17 bits per heavy atom. The monoisotopic (exact) mass is 403 g/mol. The van der Waals surface area contributed by atoms with Gasteiger partial charge in [-0.1, -0.05) is 103 Å². The zero-order valence-corrected chi connectivity index (χ0v) is 17.2. The largest absolute Gasteiger partial charge is 0.379 e. The molecule has 0 atom stereocenters. The van der Waals surface area contributed by atoms with Crippen molar-refractivity contribution in [2.75, 3.05) is 32.8 Å². The summed E-state index contributed by atoms with van der Waals surface area (Å²) in [5.74, 6) is 0. The van der Waals surface area contributed by atoms with Crippen molar-refractivity contribution in [1.82, 2.24) is 4.90 Å². The first-order valence-corrected chi connectivity index (χ1v) is 10.8. The van der Waals surface area contributed by atoms with E-state index in [0.29, 0.717) is 19.8 Å². The summed E-state index contributed by atoms with van der Waals surface area (Å²) in [6.45, 7) is 3.43. The molecule has 0 radical (unpaired) electrons. The molecule has 3 aromatic carbocycles. The minimum Gasteiger partial charge on any atom is -0.379 e. The van der Waals surface area contributed by atoms with E-state index >= 15 is 0 Å². The molecule has 0 unspecified atom stereocenters. The van der Waals surface area contributed by atoms with Crippen LogP contribution in [0.15, 0.2) is 91.0 Å². The van der Waals surface area contributed by atoms with E-state index < -0.39 is 4.75 Å². The predicted octanol–water partition coefficient (Wildman–Crippen LogP) is 4.57. The van der Waals surface area contributed by atoms with Crippen LogP contribution < -0.4 is 0 Å². The van der Waals surface area contributed by atoms with Crippen LogP contribution in [0.4, 0.5) is 0 Å². The van der Waals surface area contributed by atoms with Gasteiger partial charge in [0.25, 0.3) is 0 Å². The Hall–Kier alpha value is -2.40. The first-order chi connectivity index (χ1) is 14.3. The van der Waals surface area contributed by atoms with E-state index in [4.69, 9.17) is 4.74 Å². The maximum absolute atomic E-state index is 13.3. The van der Waals surface area contributed by atoms with Gasteiger partial charge in [0.05, 0.1) is 24.5 Å². The van der Waals surface area contributed by atoms with Crippen LogP contribution in [-0.2, 0) is 14.3 Å². The van der Waals surface area contributed by atoms with Gasteiger partial charge in [-0.3, -0.25) is 9.69 Å². The molecule has 148 valence electrons. The van der Waals surface area contributed by atoms with E-state index in [-0.39, 0.29) is 5.12 Å². The van der Waals surface area contributed by atoms with Gasteiger partial charge in [0.15, 0.2) is 0 Å². The maximum atomic E-state index is 13.3. The summed E-state index contributed by atoms with van der Waals surface area (Å²) in [6.07, 6.45) is 0. The summed E-state index contributed by atoms with van der Waals surface area (Å²) < 4.78 is 4.84. The Balaban J connectivity index is 1.78. The van der Waals surface area contributed by atoms with Gasteiger partial charge in [-0.25, -0.2) is 0 Å². The van der Waals surface area contributed by atoms with Gasteiger partial charge >= 0.3 is 0 Å². The summed E-state index contributed by atoms with van der Waals surface area (Å²) in [5.41, 5.74) is 3.33. The molecule has 4 heteroatoms. The number of nitrogens with zero attached hydrogens (tertiary/aromatic N) is 1. The summed E-state index contributed by atoms with van der Waals surface area (Å²) in [5, 5.41) is 0.170. The summed E-state index contributed by atoms with van der Waals surface area (Å²) in [4.78, 5) is 15.5. The quantitative estimate of drug-likeness (QED) is 0.564. The van der Waals surface area contributed by atoms with E-state index in [1.165, 1.54) is 11.8 Å². The number of hydrogen-bond acceptors (Lipinski definition) is 4. The highest BCUT2D eigenvalue weighted by atomic mass is 32.2. The molecule has 1 heterocycles. The molecule has 0 saturated carbocycles. The van der Waals surface area contributed by atoms with Crippen LogP contribution in [0.2, 0.25) is 0 Å². The highest BCUT2D eigenvalue weighted by Crippen LogP contribution is 2.48.